The van der Waals surface area contributed by atoms with Gasteiger partial charge in [0.15, 0.2) is 5.78 Å². The van der Waals surface area contributed by atoms with Crippen LogP contribution in [0.4, 0.5) is 9.59 Å². The highest BCUT2D eigenvalue weighted by Crippen LogP contribution is 2.33. The second-order valence-corrected chi connectivity index (χ2v) is 17.5. The molecule has 61 heavy (non-hydrogen) atoms. The van der Waals surface area contributed by atoms with Crippen molar-refractivity contribution in [2.75, 3.05) is 0 Å². The minimum absolute atomic E-state index is 0.262. The summed E-state index contributed by atoms with van der Waals surface area (Å²) in [6.45, 7) is 14.5. The van der Waals surface area contributed by atoms with Crippen LogP contribution in [0, 0.1) is 5.92 Å². The molecular weight excluding hydrogens is 765 g/mol. The van der Waals surface area contributed by atoms with Gasteiger partial charge in [0.05, 0.1) is 6.04 Å². The van der Waals surface area contributed by atoms with Crippen molar-refractivity contribution in [3.05, 3.63) is 168 Å². The normalized spacial score (nSPS) is 17.7. The van der Waals surface area contributed by atoms with E-state index >= 15 is 0 Å². The number of Topliss-reactive ketones (excluding diaryl/α,β-unsaturated/α-hetero) is 1. The maximum atomic E-state index is 13.3. The van der Waals surface area contributed by atoms with Crippen LogP contribution in [0.25, 0.3) is 22.3 Å². The average Bonchev–Trinajstić information content (AvgIpc) is 3.70. The molecule has 0 saturated carbocycles. The fourth-order valence-electron chi connectivity index (χ4n) is 7.55. The van der Waals surface area contributed by atoms with E-state index in [2.05, 4.69) is 43.0 Å². The molecule has 3 atom stereocenters. The third kappa shape index (κ3) is 11.4. The summed E-state index contributed by atoms with van der Waals surface area (Å²) >= 11 is 0. The molecule has 2 fully saturated rings. The van der Waals surface area contributed by atoms with Crippen LogP contribution in [-0.2, 0) is 31.9 Å². The third-order valence-electron chi connectivity index (χ3n) is 10.4. The standard InChI is InChI=1S/C29H29NO4.C23H25NO3/c1-29(2,3)34-28(33)30-24(19-25(27(30)32)26(31)23-12-8-5-9-13-23)18-20-14-16-22(17-15-20)21-10-6-4-7-11-21;1-16-14-20(24(21(16)25)22(26)27-23(2,3)4)15-17-10-12-19(13-11-17)18-8-6-5-7-9-18/h4-17,24-25H,18-19H2,1-3H3;5-13,20H,1,14-15H2,2-4H3/t24-,25?;20-/m10/s1. The maximum Gasteiger partial charge on any atom is 0.417 e. The number of imide groups is 2. The van der Waals surface area contributed by atoms with Crippen LogP contribution in [0.1, 0.15) is 75.9 Å². The third-order valence-corrected chi connectivity index (χ3v) is 10.4. The molecule has 9 heteroatoms. The Labute approximate surface area is 359 Å². The van der Waals surface area contributed by atoms with Gasteiger partial charge in [-0.05, 0) is 101 Å². The molecule has 7 rings (SSSR count). The van der Waals surface area contributed by atoms with E-state index in [1.165, 1.54) is 4.90 Å². The highest BCUT2D eigenvalue weighted by molar-refractivity contribution is 6.14. The molecular formula is C52H54N2O7. The van der Waals surface area contributed by atoms with Crippen LogP contribution in [0.3, 0.4) is 0 Å². The quantitative estimate of drug-likeness (QED) is 0.0871. The Morgan fingerprint density at radius 2 is 0.951 bits per heavy atom. The van der Waals surface area contributed by atoms with Crippen molar-refractivity contribution < 1.29 is 33.4 Å². The fraction of sp³-hybridized carbons (Fsp3) is 0.288. The van der Waals surface area contributed by atoms with Gasteiger partial charge < -0.3 is 9.47 Å². The van der Waals surface area contributed by atoms with Crippen LogP contribution in [0.15, 0.2) is 152 Å². The van der Waals surface area contributed by atoms with Crippen molar-refractivity contribution in [2.24, 2.45) is 5.92 Å². The summed E-state index contributed by atoms with van der Waals surface area (Å²) in [6.07, 6.45) is 0.478. The van der Waals surface area contributed by atoms with Crippen LogP contribution in [0.2, 0.25) is 0 Å². The molecule has 0 spiro atoms. The Bertz CT molecular complexity index is 2350. The number of hydrogen-bond acceptors (Lipinski definition) is 7. The van der Waals surface area contributed by atoms with Gasteiger partial charge in [0, 0.05) is 17.2 Å². The van der Waals surface area contributed by atoms with Crippen molar-refractivity contribution in [3.63, 3.8) is 0 Å². The lowest BCUT2D eigenvalue weighted by atomic mass is 9.92. The van der Waals surface area contributed by atoms with Crippen LogP contribution in [0.5, 0.6) is 0 Å². The first-order chi connectivity index (χ1) is 29.0. The number of rotatable bonds is 8. The van der Waals surface area contributed by atoms with Crippen molar-refractivity contribution in [1.29, 1.82) is 0 Å². The minimum atomic E-state index is -0.900. The van der Waals surface area contributed by atoms with E-state index in [1.54, 1.807) is 65.8 Å². The van der Waals surface area contributed by atoms with Gasteiger partial charge in [-0.15, -0.1) is 0 Å². The van der Waals surface area contributed by atoms with E-state index in [1.807, 2.05) is 78.9 Å². The molecule has 1 unspecified atom stereocenters. The Morgan fingerprint density at radius 1 is 0.557 bits per heavy atom. The number of hydrogen-bond donors (Lipinski definition) is 0. The largest absolute Gasteiger partial charge is 0.443 e. The summed E-state index contributed by atoms with van der Waals surface area (Å²) in [5, 5.41) is 0. The molecule has 0 N–H and O–H groups in total. The molecule has 2 heterocycles. The van der Waals surface area contributed by atoms with E-state index in [4.69, 9.17) is 9.47 Å². The van der Waals surface area contributed by atoms with E-state index in [0.29, 0.717) is 30.4 Å². The predicted octanol–water partition coefficient (Wildman–Crippen LogP) is 10.9. The summed E-state index contributed by atoms with van der Waals surface area (Å²) in [7, 11) is 0. The van der Waals surface area contributed by atoms with Crippen LogP contribution >= 0.6 is 0 Å². The van der Waals surface area contributed by atoms with Gasteiger partial charge in [-0.1, -0.05) is 146 Å². The molecule has 9 nitrogen and oxygen atoms in total. The van der Waals surface area contributed by atoms with Gasteiger partial charge in [-0.25, -0.2) is 19.4 Å². The summed E-state index contributed by atoms with van der Waals surface area (Å²) in [5.41, 5.74) is 6.07. The van der Waals surface area contributed by atoms with Gasteiger partial charge in [0.1, 0.15) is 17.1 Å². The van der Waals surface area contributed by atoms with Gasteiger partial charge in [0.2, 0.25) is 5.91 Å². The Balaban J connectivity index is 0.000000210. The maximum absolute atomic E-state index is 13.3. The highest BCUT2D eigenvalue weighted by atomic mass is 16.6. The molecule has 2 aliphatic heterocycles. The first-order valence-electron chi connectivity index (χ1n) is 20.7. The smallest absolute Gasteiger partial charge is 0.417 e. The fourth-order valence-corrected chi connectivity index (χ4v) is 7.55. The molecule has 0 aliphatic carbocycles. The van der Waals surface area contributed by atoms with Gasteiger partial charge >= 0.3 is 12.2 Å². The number of ketones is 1. The molecule has 0 aromatic heterocycles. The number of amides is 4. The first kappa shape index (κ1) is 44.0. The summed E-state index contributed by atoms with van der Waals surface area (Å²) in [4.78, 5) is 66.7. The van der Waals surface area contributed by atoms with Gasteiger partial charge in [-0.3, -0.25) is 14.4 Å². The van der Waals surface area contributed by atoms with E-state index in [0.717, 1.165) is 38.3 Å². The molecule has 0 bridgehead atoms. The zero-order valence-corrected chi connectivity index (χ0v) is 35.8. The minimum Gasteiger partial charge on any atom is -0.443 e. The molecule has 5 aromatic carbocycles. The molecule has 314 valence electrons. The Hall–Kier alpha value is -6.61. The lowest BCUT2D eigenvalue weighted by Gasteiger charge is -2.27. The summed E-state index contributed by atoms with van der Waals surface area (Å²) in [5.74, 6) is -1.99. The Kier molecular flexibility index (Phi) is 13.5. The Morgan fingerprint density at radius 3 is 1.39 bits per heavy atom. The zero-order chi connectivity index (χ0) is 43.9. The first-order valence-corrected chi connectivity index (χ1v) is 20.7. The number of nitrogens with zero attached hydrogens (tertiary/aromatic N) is 2. The second-order valence-electron chi connectivity index (χ2n) is 17.5. The lowest BCUT2D eigenvalue weighted by molar-refractivity contribution is -0.130. The number of benzene rings is 5. The van der Waals surface area contributed by atoms with Gasteiger partial charge in [-0.2, -0.15) is 0 Å². The monoisotopic (exact) mass is 818 g/mol. The predicted molar refractivity (Wildman–Crippen MR) is 238 cm³/mol. The van der Waals surface area contributed by atoms with Crippen LogP contribution < -0.4 is 0 Å². The van der Waals surface area contributed by atoms with E-state index in [-0.39, 0.29) is 24.2 Å². The molecule has 0 radical (unpaired) electrons. The molecule has 2 saturated heterocycles. The van der Waals surface area contributed by atoms with E-state index in [9.17, 15) is 24.0 Å². The number of carbonyl (C=O) groups is 5. The van der Waals surface area contributed by atoms with Crippen molar-refractivity contribution in [2.45, 2.75) is 90.5 Å². The molecule has 2 aliphatic rings. The van der Waals surface area contributed by atoms with Crippen molar-refractivity contribution in [3.8, 4) is 22.3 Å². The SMILES string of the molecule is C=C1C[C@@H](Cc2ccc(-c3ccccc3)cc2)N(C(=O)OC(C)(C)C)C1=O.CC(C)(C)OC(=O)N1C(=O)C(C(=O)c2ccccc2)C[C@H]1Cc1ccc(-c2ccccc2)cc1. The lowest BCUT2D eigenvalue weighted by Crippen LogP contribution is -2.44. The molecule has 4 amide bonds. The number of likely N-dealkylation sites (tertiary alicyclic amines) is 2. The zero-order valence-electron chi connectivity index (χ0n) is 35.8. The number of carbonyl (C=O) groups excluding carboxylic acids is 5. The summed E-state index contributed by atoms with van der Waals surface area (Å²) < 4.78 is 10.9. The van der Waals surface area contributed by atoms with Gasteiger partial charge in [0.25, 0.3) is 5.91 Å². The van der Waals surface area contributed by atoms with Crippen molar-refractivity contribution in [1.82, 2.24) is 9.80 Å². The van der Waals surface area contributed by atoms with Crippen LogP contribution in [-0.4, -0.2) is 62.9 Å². The number of ether oxygens (including phenoxy) is 2. The molecule has 5 aromatic rings. The average molecular weight is 819 g/mol. The van der Waals surface area contributed by atoms with E-state index < -0.39 is 41.3 Å². The topological polar surface area (TPSA) is 110 Å². The van der Waals surface area contributed by atoms with Crippen molar-refractivity contribution >= 4 is 29.8 Å². The second kappa shape index (κ2) is 18.8. The summed E-state index contributed by atoms with van der Waals surface area (Å²) in [6, 6.07) is 44.6. The highest BCUT2D eigenvalue weighted by Gasteiger charge is 2.48.